The predicted octanol–water partition coefficient (Wildman–Crippen LogP) is 1.89. The van der Waals surface area contributed by atoms with E-state index in [0.29, 0.717) is 30.3 Å². The van der Waals surface area contributed by atoms with Crippen molar-refractivity contribution in [2.24, 2.45) is 0 Å². The maximum Gasteiger partial charge on any atom is 0.358 e. The van der Waals surface area contributed by atoms with Crippen molar-refractivity contribution in [3.63, 3.8) is 0 Å². The highest BCUT2D eigenvalue weighted by molar-refractivity contribution is 6.07. The van der Waals surface area contributed by atoms with Gasteiger partial charge in [0.2, 0.25) is 0 Å². The first-order chi connectivity index (χ1) is 11.2. The Labute approximate surface area is 132 Å². The highest BCUT2D eigenvalue weighted by Crippen LogP contribution is 2.31. The Bertz CT molecular complexity index is 760. The van der Waals surface area contributed by atoms with Crippen LogP contribution in [0.4, 0.5) is 5.69 Å². The van der Waals surface area contributed by atoms with E-state index in [1.54, 1.807) is 30.3 Å². The molecule has 1 aliphatic heterocycles. The van der Waals surface area contributed by atoms with Crippen LogP contribution in [0.15, 0.2) is 36.5 Å². The first-order valence-corrected chi connectivity index (χ1v) is 6.93. The third kappa shape index (κ3) is 3.08. The summed E-state index contributed by atoms with van der Waals surface area (Å²) >= 11 is 0. The Balaban J connectivity index is 1.84. The molecule has 2 aromatic rings. The number of rotatable bonds is 3. The Morgan fingerprint density at radius 3 is 2.74 bits per heavy atom. The Morgan fingerprint density at radius 2 is 1.96 bits per heavy atom. The van der Waals surface area contributed by atoms with E-state index in [4.69, 9.17) is 9.47 Å². The number of methoxy groups -OCH3 is 1. The van der Waals surface area contributed by atoms with Crippen LogP contribution in [0.1, 0.15) is 20.8 Å². The fourth-order valence-corrected chi connectivity index (χ4v) is 2.14. The summed E-state index contributed by atoms with van der Waals surface area (Å²) in [5, 5.41) is 2.65. The molecule has 0 saturated heterocycles. The molecule has 0 aliphatic carbocycles. The van der Waals surface area contributed by atoms with Crippen molar-refractivity contribution < 1.29 is 23.8 Å². The smallest absolute Gasteiger partial charge is 0.358 e. The lowest BCUT2D eigenvalue weighted by atomic mass is 10.1. The number of ether oxygens (including phenoxy) is 3. The number of fused-ring (bicyclic) bond motifs is 1. The number of nitrogens with zero attached hydrogens (tertiary/aromatic N) is 1. The van der Waals surface area contributed by atoms with Crippen LogP contribution in [0.25, 0.3) is 0 Å². The summed E-state index contributed by atoms with van der Waals surface area (Å²) in [6.45, 7) is 0.921. The van der Waals surface area contributed by atoms with Gasteiger partial charge in [0.25, 0.3) is 5.91 Å². The summed E-state index contributed by atoms with van der Waals surface area (Å²) in [4.78, 5) is 28.0. The normalized spacial score (nSPS) is 12.4. The quantitative estimate of drug-likeness (QED) is 0.871. The van der Waals surface area contributed by atoms with Gasteiger partial charge in [0.05, 0.1) is 12.8 Å². The molecule has 0 fully saturated rings. The lowest BCUT2D eigenvalue weighted by Gasteiger charge is -2.18. The van der Waals surface area contributed by atoms with Gasteiger partial charge in [0.1, 0.15) is 13.2 Å². The topological polar surface area (TPSA) is 86.8 Å². The monoisotopic (exact) mass is 314 g/mol. The van der Waals surface area contributed by atoms with Gasteiger partial charge in [0.15, 0.2) is 17.2 Å². The number of nitrogens with one attached hydrogen (secondary N) is 1. The molecule has 0 radical (unpaired) electrons. The number of anilines is 1. The van der Waals surface area contributed by atoms with Gasteiger partial charge in [0, 0.05) is 11.8 Å². The molecule has 7 heteroatoms. The van der Waals surface area contributed by atoms with Gasteiger partial charge in [-0.1, -0.05) is 0 Å². The molecule has 1 aromatic carbocycles. The summed E-state index contributed by atoms with van der Waals surface area (Å²) in [7, 11) is 1.25. The van der Waals surface area contributed by atoms with Crippen molar-refractivity contribution in [3.8, 4) is 11.5 Å². The molecule has 118 valence electrons. The lowest BCUT2D eigenvalue weighted by Crippen LogP contribution is -2.18. The van der Waals surface area contributed by atoms with E-state index in [-0.39, 0.29) is 17.3 Å². The standard InChI is InChI=1S/C16H14N2O5/c1-21-16(20)14-11(3-2-6-17-14)18-15(19)10-4-5-12-13(9-10)23-8-7-22-12/h2-6,9H,7-8H2,1H3,(H,18,19). The molecule has 0 atom stereocenters. The summed E-state index contributed by atoms with van der Waals surface area (Å²) in [6, 6.07) is 8.09. The number of carbonyl (C=O) groups excluding carboxylic acids is 2. The van der Waals surface area contributed by atoms with Crippen LogP contribution in [0.5, 0.6) is 11.5 Å². The number of amides is 1. The van der Waals surface area contributed by atoms with E-state index in [1.807, 2.05) is 0 Å². The van der Waals surface area contributed by atoms with E-state index in [9.17, 15) is 9.59 Å². The largest absolute Gasteiger partial charge is 0.486 e. The summed E-state index contributed by atoms with van der Waals surface area (Å²) < 4.78 is 15.5. The minimum Gasteiger partial charge on any atom is -0.486 e. The average Bonchev–Trinajstić information content (AvgIpc) is 2.61. The molecule has 1 aliphatic rings. The number of benzene rings is 1. The van der Waals surface area contributed by atoms with Gasteiger partial charge in [-0.05, 0) is 30.3 Å². The highest BCUT2D eigenvalue weighted by Gasteiger charge is 2.18. The second kappa shape index (κ2) is 6.35. The number of hydrogen-bond acceptors (Lipinski definition) is 6. The molecule has 0 saturated carbocycles. The first kappa shape index (κ1) is 14.8. The first-order valence-electron chi connectivity index (χ1n) is 6.93. The summed E-state index contributed by atoms with van der Waals surface area (Å²) in [5.41, 5.74) is 0.703. The van der Waals surface area contributed by atoms with E-state index >= 15 is 0 Å². The zero-order valence-corrected chi connectivity index (χ0v) is 12.4. The minimum atomic E-state index is -0.622. The molecule has 7 nitrogen and oxygen atoms in total. The van der Waals surface area contributed by atoms with Crippen molar-refractivity contribution >= 4 is 17.6 Å². The van der Waals surface area contributed by atoms with Crippen LogP contribution in [0.2, 0.25) is 0 Å². The number of aromatic nitrogens is 1. The fraction of sp³-hybridized carbons (Fsp3) is 0.188. The van der Waals surface area contributed by atoms with Gasteiger partial charge >= 0.3 is 5.97 Å². The maximum absolute atomic E-state index is 12.4. The molecule has 0 bridgehead atoms. The predicted molar refractivity (Wildman–Crippen MR) is 81.0 cm³/mol. The van der Waals surface area contributed by atoms with Crippen molar-refractivity contribution in [2.75, 3.05) is 25.6 Å². The SMILES string of the molecule is COC(=O)c1ncccc1NC(=O)c1ccc2c(c1)OCCO2. The molecule has 1 N–H and O–H groups in total. The van der Waals surface area contributed by atoms with E-state index in [0.717, 1.165) is 0 Å². The number of esters is 1. The van der Waals surface area contributed by atoms with E-state index in [2.05, 4.69) is 15.0 Å². The second-order valence-corrected chi connectivity index (χ2v) is 4.70. The minimum absolute atomic E-state index is 0.0425. The lowest BCUT2D eigenvalue weighted by molar-refractivity contribution is 0.0595. The zero-order valence-electron chi connectivity index (χ0n) is 12.4. The van der Waals surface area contributed by atoms with Gasteiger partial charge in [-0.15, -0.1) is 0 Å². The van der Waals surface area contributed by atoms with Gasteiger partial charge in [-0.25, -0.2) is 9.78 Å². The Hall–Kier alpha value is -3.09. The molecule has 0 spiro atoms. The summed E-state index contributed by atoms with van der Waals surface area (Å²) in [6.07, 6.45) is 1.45. The van der Waals surface area contributed by atoms with Crippen LogP contribution >= 0.6 is 0 Å². The molecular weight excluding hydrogens is 300 g/mol. The molecule has 1 aromatic heterocycles. The number of pyridine rings is 1. The number of hydrogen-bond donors (Lipinski definition) is 1. The summed E-state index contributed by atoms with van der Waals surface area (Å²) in [5.74, 6) is 0.107. The Morgan fingerprint density at radius 1 is 1.17 bits per heavy atom. The molecule has 3 rings (SSSR count). The fourth-order valence-electron chi connectivity index (χ4n) is 2.14. The van der Waals surface area contributed by atoms with Gasteiger partial charge in [-0.3, -0.25) is 4.79 Å². The van der Waals surface area contributed by atoms with Crippen LogP contribution < -0.4 is 14.8 Å². The van der Waals surface area contributed by atoms with Crippen molar-refractivity contribution in [3.05, 3.63) is 47.8 Å². The highest BCUT2D eigenvalue weighted by atomic mass is 16.6. The van der Waals surface area contributed by atoms with Crippen LogP contribution in [-0.2, 0) is 4.74 Å². The van der Waals surface area contributed by atoms with Crippen molar-refractivity contribution in [1.82, 2.24) is 4.98 Å². The molecule has 23 heavy (non-hydrogen) atoms. The van der Waals surface area contributed by atoms with Gasteiger partial charge < -0.3 is 19.5 Å². The van der Waals surface area contributed by atoms with Crippen molar-refractivity contribution in [2.45, 2.75) is 0 Å². The Kier molecular flexibility index (Phi) is 4.09. The zero-order chi connectivity index (χ0) is 16.2. The molecule has 2 heterocycles. The second-order valence-electron chi connectivity index (χ2n) is 4.70. The van der Waals surface area contributed by atoms with Crippen LogP contribution in [0.3, 0.4) is 0 Å². The van der Waals surface area contributed by atoms with E-state index in [1.165, 1.54) is 13.3 Å². The average molecular weight is 314 g/mol. The number of carbonyl (C=O) groups is 2. The van der Waals surface area contributed by atoms with Gasteiger partial charge in [-0.2, -0.15) is 0 Å². The third-order valence-corrected chi connectivity index (χ3v) is 3.24. The maximum atomic E-state index is 12.4. The van der Waals surface area contributed by atoms with Crippen LogP contribution in [-0.4, -0.2) is 37.2 Å². The molecule has 0 unspecified atom stereocenters. The van der Waals surface area contributed by atoms with Crippen LogP contribution in [0, 0.1) is 0 Å². The molecule has 1 amide bonds. The third-order valence-electron chi connectivity index (χ3n) is 3.24. The van der Waals surface area contributed by atoms with E-state index < -0.39 is 5.97 Å². The van der Waals surface area contributed by atoms with Crippen molar-refractivity contribution in [1.29, 1.82) is 0 Å². The molecular formula is C16H14N2O5.